The first-order valence-electron chi connectivity index (χ1n) is 8.69. The molecule has 3 rings (SSSR count). The molecular formula is C20H21ClN4OS. The van der Waals surface area contributed by atoms with Crippen molar-refractivity contribution in [1.29, 1.82) is 0 Å². The Kier molecular flexibility index (Phi) is 6.90. The summed E-state index contributed by atoms with van der Waals surface area (Å²) in [5, 5.41) is 12.7. The Balaban J connectivity index is 1.49. The minimum atomic E-state index is -0.0195. The van der Waals surface area contributed by atoms with Crippen molar-refractivity contribution in [3.05, 3.63) is 76.6 Å². The van der Waals surface area contributed by atoms with E-state index >= 15 is 0 Å². The van der Waals surface area contributed by atoms with Crippen molar-refractivity contribution in [2.45, 2.75) is 25.0 Å². The third-order valence-corrected chi connectivity index (χ3v) is 5.24. The van der Waals surface area contributed by atoms with Gasteiger partial charge in [-0.1, -0.05) is 65.8 Å². The second-order valence-corrected chi connectivity index (χ2v) is 7.50. The molecule has 0 aliphatic carbocycles. The zero-order valence-corrected chi connectivity index (χ0v) is 16.6. The highest BCUT2D eigenvalue weighted by molar-refractivity contribution is 7.99. The second kappa shape index (κ2) is 9.58. The maximum absolute atomic E-state index is 12.1. The Bertz CT molecular complexity index is 898. The van der Waals surface area contributed by atoms with Crippen LogP contribution in [0.3, 0.4) is 0 Å². The van der Waals surface area contributed by atoms with Gasteiger partial charge in [0, 0.05) is 11.6 Å². The molecule has 0 aliphatic heterocycles. The maximum atomic E-state index is 12.1. The SMILES string of the molecule is Cc1nnc(SCC(=O)NCCc2cccc(Cl)c2)n1Cc1ccccc1. The molecule has 0 fully saturated rings. The lowest BCUT2D eigenvalue weighted by Gasteiger charge is -2.09. The van der Waals surface area contributed by atoms with Crippen LogP contribution < -0.4 is 5.32 Å². The van der Waals surface area contributed by atoms with Gasteiger partial charge < -0.3 is 9.88 Å². The van der Waals surface area contributed by atoms with Crippen molar-refractivity contribution in [2.75, 3.05) is 12.3 Å². The molecule has 140 valence electrons. The van der Waals surface area contributed by atoms with Crippen molar-refractivity contribution in [3.8, 4) is 0 Å². The molecule has 1 amide bonds. The molecule has 3 aromatic rings. The minimum Gasteiger partial charge on any atom is -0.355 e. The molecule has 0 aliphatic rings. The number of rotatable bonds is 8. The predicted molar refractivity (Wildman–Crippen MR) is 109 cm³/mol. The lowest BCUT2D eigenvalue weighted by molar-refractivity contribution is -0.118. The topological polar surface area (TPSA) is 59.8 Å². The Morgan fingerprint density at radius 3 is 2.67 bits per heavy atom. The summed E-state index contributed by atoms with van der Waals surface area (Å²) in [5.74, 6) is 1.12. The monoisotopic (exact) mass is 400 g/mol. The van der Waals surface area contributed by atoms with Crippen LogP contribution in [0.25, 0.3) is 0 Å². The van der Waals surface area contributed by atoms with E-state index in [0.717, 1.165) is 23.0 Å². The highest BCUT2D eigenvalue weighted by atomic mass is 35.5. The number of carbonyl (C=O) groups is 1. The van der Waals surface area contributed by atoms with E-state index in [9.17, 15) is 4.79 Å². The molecule has 0 atom stereocenters. The molecule has 1 aromatic heterocycles. The van der Waals surface area contributed by atoms with Crippen molar-refractivity contribution in [3.63, 3.8) is 0 Å². The van der Waals surface area contributed by atoms with E-state index < -0.39 is 0 Å². The fourth-order valence-corrected chi connectivity index (χ4v) is 3.66. The number of aryl methyl sites for hydroxylation is 1. The molecule has 0 saturated heterocycles. The van der Waals surface area contributed by atoms with Gasteiger partial charge in [0.15, 0.2) is 5.16 Å². The fourth-order valence-electron chi connectivity index (χ4n) is 2.64. The number of hydrogen-bond acceptors (Lipinski definition) is 4. The van der Waals surface area contributed by atoms with Crippen molar-refractivity contribution in [1.82, 2.24) is 20.1 Å². The van der Waals surface area contributed by atoms with Crippen LogP contribution in [0.1, 0.15) is 17.0 Å². The molecule has 5 nitrogen and oxygen atoms in total. The van der Waals surface area contributed by atoms with Gasteiger partial charge in [-0.2, -0.15) is 0 Å². The average molecular weight is 401 g/mol. The summed E-state index contributed by atoms with van der Waals surface area (Å²) in [6.07, 6.45) is 0.750. The van der Waals surface area contributed by atoms with Gasteiger partial charge in [0.2, 0.25) is 5.91 Å². The molecule has 7 heteroatoms. The number of amides is 1. The number of aromatic nitrogens is 3. The third kappa shape index (κ3) is 5.84. The average Bonchev–Trinajstić information content (AvgIpc) is 3.01. The quantitative estimate of drug-likeness (QED) is 0.585. The molecule has 0 saturated carbocycles. The van der Waals surface area contributed by atoms with E-state index in [0.29, 0.717) is 23.9 Å². The Morgan fingerprint density at radius 1 is 1.11 bits per heavy atom. The zero-order chi connectivity index (χ0) is 19.1. The number of thioether (sulfide) groups is 1. The van der Waals surface area contributed by atoms with Crippen molar-refractivity contribution in [2.24, 2.45) is 0 Å². The summed E-state index contributed by atoms with van der Waals surface area (Å²) in [5.41, 5.74) is 2.28. The van der Waals surface area contributed by atoms with Gasteiger partial charge in [-0.15, -0.1) is 10.2 Å². The molecule has 1 heterocycles. The Hall–Kier alpha value is -2.31. The second-order valence-electron chi connectivity index (χ2n) is 6.12. The minimum absolute atomic E-state index is 0.0195. The van der Waals surface area contributed by atoms with Crippen LogP contribution in [-0.4, -0.2) is 33.0 Å². The van der Waals surface area contributed by atoms with Crippen molar-refractivity contribution < 1.29 is 4.79 Å². The number of halogens is 1. The van der Waals surface area contributed by atoms with Gasteiger partial charge in [0.25, 0.3) is 0 Å². The highest BCUT2D eigenvalue weighted by Crippen LogP contribution is 2.18. The van der Waals surface area contributed by atoms with Gasteiger partial charge in [-0.05, 0) is 36.6 Å². The predicted octanol–water partition coefficient (Wildman–Crippen LogP) is 3.74. The summed E-state index contributed by atoms with van der Waals surface area (Å²) >= 11 is 7.37. The van der Waals surface area contributed by atoms with Crippen LogP contribution in [-0.2, 0) is 17.8 Å². The molecule has 0 spiro atoms. The third-order valence-electron chi connectivity index (χ3n) is 4.04. The number of nitrogens with one attached hydrogen (secondary N) is 1. The van der Waals surface area contributed by atoms with Crippen LogP contribution in [0.4, 0.5) is 0 Å². The molecular weight excluding hydrogens is 380 g/mol. The van der Waals surface area contributed by atoms with E-state index in [1.165, 1.54) is 17.3 Å². The van der Waals surface area contributed by atoms with E-state index in [1.807, 2.05) is 54.0 Å². The van der Waals surface area contributed by atoms with Gasteiger partial charge >= 0.3 is 0 Å². The standard InChI is InChI=1S/C20H21ClN4OS/c1-15-23-24-20(25(15)13-17-6-3-2-4-7-17)27-14-19(26)22-11-10-16-8-5-9-18(21)12-16/h2-9,12H,10-11,13-14H2,1H3,(H,22,26). The summed E-state index contributed by atoms with van der Waals surface area (Å²) in [6.45, 7) is 3.19. The molecule has 2 aromatic carbocycles. The number of benzene rings is 2. The number of carbonyl (C=O) groups excluding carboxylic acids is 1. The van der Waals surface area contributed by atoms with Crippen LogP contribution in [0.5, 0.6) is 0 Å². The highest BCUT2D eigenvalue weighted by Gasteiger charge is 2.12. The molecule has 27 heavy (non-hydrogen) atoms. The summed E-state index contributed by atoms with van der Waals surface area (Å²) < 4.78 is 2.03. The van der Waals surface area contributed by atoms with Gasteiger partial charge in [0.1, 0.15) is 5.82 Å². The zero-order valence-electron chi connectivity index (χ0n) is 15.1. The maximum Gasteiger partial charge on any atom is 0.230 e. The lowest BCUT2D eigenvalue weighted by Crippen LogP contribution is -2.27. The summed E-state index contributed by atoms with van der Waals surface area (Å²) in [6, 6.07) is 17.8. The first kappa shape index (κ1) is 19.5. The number of hydrogen-bond donors (Lipinski definition) is 1. The van der Waals surface area contributed by atoms with Crippen LogP contribution in [0.2, 0.25) is 5.02 Å². The molecule has 0 unspecified atom stereocenters. The van der Waals surface area contributed by atoms with E-state index in [1.54, 1.807) is 0 Å². The number of nitrogens with zero attached hydrogens (tertiary/aromatic N) is 3. The largest absolute Gasteiger partial charge is 0.355 e. The van der Waals surface area contributed by atoms with E-state index in [-0.39, 0.29) is 5.91 Å². The smallest absolute Gasteiger partial charge is 0.230 e. The van der Waals surface area contributed by atoms with E-state index in [4.69, 9.17) is 11.6 Å². The molecule has 0 bridgehead atoms. The van der Waals surface area contributed by atoms with Gasteiger partial charge in [0.05, 0.1) is 12.3 Å². The lowest BCUT2D eigenvalue weighted by atomic mass is 10.1. The van der Waals surface area contributed by atoms with Crippen LogP contribution in [0, 0.1) is 6.92 Å². The van der Waals surface area contributed by atoms with E-state index in [2.05, 4.69) is 27.6 Å². The van der Waals surface area contributed by atoms with Crippen LogP contribution >= 0.6 is 23.4 Å². The Morgan fingerprint density at radius 2 is 1.89 bits per heavy atom. The molecule has 1 N–H and O–H groups in total. The Labute approximate surface area is 168 Å². The van der Waals surface area contributed by atoms with Gasteiger partial charge in [-0.3, -0.25) is 4.79 Å². The van der Waals surface area contributed by atoms with Crippen molar-refractivity contribution >= 4 is 29.3 Å². The summed E-state index contributed by atoms with van der Waals surface area (Å²) in [4.78, 5) is 12.1. The fraction of sp³-hybridized carbons (Fsp3) is 0.250. The van der Waals surface area contributed by atoms with Crippen LogP contribution in [0.15, 0.2) is 59.8 Å². The van der Waals surface area contributed by atoms with Gasteiger partial charge in [-0.25, -0.2) is 0 Å². The summed E-state index contributed by atoms with van der Waals surface area (Å²) in [7, 11) is 0. The first-order chi connectivity index (χ1) is 13.1. The normalized spacial score (nSPS) is 10.7. The first-order valence-corrected chi connectivity index (χ1v) is 10.1. The molecule has 0 radical (unpaired) electrons.